The third-order valence-corrected chi connectivity index (χ3v) is 6.63. The minimum Gasteiger partial charge on any atom is -0.311 e. The lowest BCUT2D eigenvalue weighted by molar-refractivity contribution is -0.131. The standard InChI is InChI=1S/C26H34N6O/c1-3-4-11-23-29-26(16-7-8-17-26)25(33)32(23)18-19-12-14-20(15-13-19)21-9-5-6-10-22(21)24(30-27)31-28-2/h5-6,9-10,12-15,28H,3-4,7-8,11,16-18,27H2,1-2H3,(H,30,31). The number of hydrogen-bond acceptors (Lipinski definition) is 5. The van der Waals surface area contributed by atoms with E-state index in [9.17, 15) is 4.79 Å². The van der Waals surface area contributed by atoms with Crippen molar-refractivity contribution in [3.8, 4) is 11.1 Å². The number of carbonyl (C=O) groups is 1. The number of hydrogen-bond donors (Lipinski definition) is 3. The Bertz CT molecular complexity index is 1040. The van der Waals surface area contributed by atoms with Crippen molar-refractivity contribution in [3.63, 3.8) is 0 Å². The van der Waals surface area contributed by atoms with Gasteiger partial charge in [0.1, 0.15) is 11.4 Å². The highest BCUT2D eigenvalue weighted by Crippen LogP contribution is 2.40. The van der Waals surface area contributed by atoms with Gasteiger partial charge in [0, 0.05) is 19.0 Å². The Balaban J connectivity index is 1.57. The number of unbranched alkanes of at least 4 members (excludes halogenated alkanes) is 1. The van der Waals surface area contributed by atoms with Gasteiger partial charge in [-0.05, 0) is 36.0 Å². The summed E-state index contributed by atoms with van der Waals surface area (Å²) in [7, 11) is 1.74. The second-order valence-electron chi connectivity index (χ2n) is 8.83. The molecule has 174 valence electrons. The molecule has 1 fully saturated rings. The summed E-state index contributed by atoms with van der Waals surface area (Å²) in [5.41, 5.74) is 9.08. The van der Waals surface area contributed by atoms with Gasteiger partial charge in [-0.3, -0.25) is 14.7 Å². The molecule has 0 aromatic heterocycles. The third-order valence-electron chi connectivity index (χ3n) is 6.63. The molecule has 1 amide bonds. The van der Waals surface area contributed by atoms with Gasteiger partial charge in [0.2, 0.25) is 0 Å². The SMILES string of the molecule is CCCCC1=NC2(CCCC2)C(=O)N1Cc1ccc(-c2ccccc2/C(=N/NC)NN)cc1. The maximum absolute atomic E-state index is 13.4. The fourth-order valence-electron chi connectivity index (χ4n) is 4.89. The average Bonchev–Trinajstić information content (AvgIpc) is 3.42. The molecular weight excluding hydrogens is 412 g/mol. The molecule has 0 radical (unpaired) electrons. The molecule has 1 spiro atoms. The number of carbonyl (C=O) groups excluding carboxylic acids is 1. The first-order chi connectivity index (χ1) is 16.1. The summed E-state index contributed by atoms with van der Waals surface area (Å²) in [6.07, 6.45) is 6.98. The Morgan fingerprint density at radius 3 is 2.55 bits per heavy atom. The monoisotopic (exact) mass is 446 g/mol. The van der Waals surface area contributed by atoms with Gasteiger partial charge in [0.25, 0.3) is 5.91 Å². The molecule has 0 bridgehead atoms. The lowest BCUT2D eigenvalue weighted by Crippen LogP contribution is -2.40. The van der Waals surface area contributed by atoms with Crippen molar-refractivity contribution < 1.29 is 4.79 Å². The van der Waals surface area contributed by atoms with Gasteiger partial charge >= 0.3 is 0 Å². The molecule has 1 aliphatic heterocycles. The Kier molecular flexibility index (Phi) is 7.08. The highest BCUT2D eigenvalue weighted by molar-refractivity contribution is 6.08. The number of nitrogens with one attached hydrogen (secondary N) is 2. The average molecular weight is 447 g/mol. The lowest BCUT2D eigenvalue weighted by atomic mass is 9.97. The van der Waals surface area contributed by atoms with Crippen LogP contribution in [0.15, 0.2) is 58.6 Å². The molecule has 1 heterocycles. The van der Waals surface area contributed by atoms with E-state index in [-0.39, 0.29) is 5.91 Å². The summed E-state index contributed by atoms with van der Waals surface area (Å²) >= 11 is 0. The van der Waals surface area contributed by atoms with Crippen LogP contribution in [-0.2, 0) is 11.3 Å². The number of aliphatic imine (C=N–C) groups is 1. The van der Waals surface area contributed by atoms with E-state index in [4.69, 9.17) is 10.8 Å². The second-order valence-corrected chi connectivity index (χ2v) is 8.83. The minimum absolute atomic E-state index is 0.197. The predicted octanol–water partition coefficient (Wildman–Crippen LogP) is 3.94. The van der Waals surface area contributed by atoms with Crippen LogP contribution >= 0.6 is 0 Å². The van der Waals surface area contributed by atoms with Crippen LogP contribution in [-0.4, -0.2) is 35.1 Å². The maximum Gasteiger partial charge on any atom is 0.256 e. The van der Waals surface area contributed by atoms with E-state index in [1.54, 1.807) is 7.05 Å². The predicted molar refractivity (Wildman–Crippen MR) is 134 cm³/mol. The lowest BCUT2D eigenvalue weighted by Gasteiger charge is -2.23. The Morgan fingerprint density at radius 1 is 1.15 bits per heavy atom. The van der Waals surface area contributed by atoms with Gasteiger partial charge in [-0.1, -0.05) is 74.7 Å². The van der Waals surface area contributed by atoms with Gasteiger partial charge in [0.05, 0.1) is 6.54 Å². The van der Waals surface area contributed by atoms with E-state index >= 15 is 0 Å². The van der Waals surface area contributed by atoms with E-state index in [0.29, 0.717) is 12.4 Å². The number of nitrogens with zero attached hydrogens (tertiary/aromatic N) is 3. The fraction of sp³-hybridized carbons (Fsp3) is 0.423. The first-order valence-electron chi connectivity index (χ1n) is 11.9. The maximum atomic E-state index is 13.4. The van der Waals surface area contributed by atoms with Crippen LogP contribution in [0, 0.1) is 0 Å². The molecular formula is C26H34N6O. The number of benzene rings is 2. The number of hydrazone groups is 1. The van der Waals surface area contributed by atoms with E-state index in [2.05, 4.69) is 53.2 Å². The fourth-order valence-corrected chi connectivity index (χ4v) is 4.89. The summed E-state index contributed by atoms with van der Waals surface area (Å²) in [4.78, 5) is 20.3. The van der Waals surface area contributed by atoms with Crippen molar-refractivity contribution in [3.05, 3.63) is 59.7 Å². The van der Waals surface area contributed by atoms with E-state index in [1.807, 2.05) is 23.1 Å². The smallest absolute Gasteiger partial charge is 0.256 e. The van der Waals surface area contributed by atoms with Crippen molar-refractivity contribution in [1.82, 2.24) is 15.8 Å². The third kappa shape index (κ3) is 4.64. The molecule has 33 heavy (non-hydrogen) atoms. The molecule has 7 nitrogen and oxygen atoms in total. The van der Waals surface area contributed by atoms with Crippen LogP contribution < -0.4 is 16.7 Å². The van der Waals surface area contributed by atoms with E-state index in [0.717, 1.165) is 73.0 Å². The molecule has 2 aromatic rings. The van der Waals surface area contributed by atoms with Crippen LogP contribution in [0.2, 0.25) is 0 Å². The number of amidine groups is 2. The van der Waals surface area contributed by atoms with Crippen molar-refractivity contribution >= 4 is 17.6 Å². The molecule has 0 unspecified atom stereocenters. The van der Waals surface area contributed by atoms with Gasteiger partial charge in [-0.25, -0.2) is 5.84 Å². The Labute approximate surface area is 196 Å². The van der Waals surface area contributed by atoms with Gasteiger partial charge in [-0.2, -0.15) is 5.10 Å². The normalized spacial score (nSPS) is 17.5. The molecule has 7 heteroatoms. The van der Waals surface area contributed by atoms with Crippen LogP contribution in [0.1, 0.15) is 63.0 Å². The highest BCUT2D eigenvalue weighted by Gasteiger charge is 2.49. The van der Waals surface area contributed by atoms with Crippen LogP contribution in [0.3, 0.4) is 0 Å². The highest BCUT2D eigenvalue weighted by atomic mass is 16.2. The first-order valence-corrected chi connectivity index (χ1v) is 11.9. The van der Waals surface area contributed by atoms with Crippen molar-refractivity contribution in [2.75, 3.05) is 7.05 Å². The zero-order valence-corrected chi connectivity index (χ0v) is 19.6. The van der Waals surface area contributed by atoms with Crippen molar-refractivity contribution in [2.45, 2.75) is 64.0 Å². The first kappa shape index (κ1) is 23.0. The van der Waals surface area contributed by atoms with E-state index in [1.165, 1.54) is 0 Å². The zero-order valence-electron chi connectivity index (χ0n) is 19.6. The zero-order chi connectivity index (χ0) is 23.3. The Morgan fingerprint density at radius 2 is 1.88 bits per heavy atom. The van der Waals surface area contributed by atoms with Gasteiger partial charge < -0.3 is 10.9 Å². The van der Waals surface area contributed by atoms with Crippen molar-refractivity contribution in [2.24, 2.45) is 15.9 Å². The number of rotatable bonds is 8. The molecule has 4 N–H and O–H groups in total. The summed E-state index contributed by atoms with van der Waals surface area (Å²) < 4.78 is 0. The summed E-state index contributed by atoms with van der Waals surface area (Å²) in [5.74, 6) is 7.43. The van der Waals surface area contributed by atoms with Gasteiger partial charge in [0.15, 0.2) is 5.84 Å². The second kappa shape index (κ2) is 10.2. The van der Waals surface area contributed by atoms with Gasteiger partial charge in [-0.15, -0.1) is 0 Å². The summed E-state index contributed by atoms with van der Waals surface area (Å²) in [6.45, 7) is 2.75. The molecule has 2 aliphatic rings. The number of hydrazine groups is 1. The molecule has 2 aromatic carbocycles. The number of amides is 1. The summed E-state index contributed by atoms with van der Waals surface area (Å²) in [6, 6.07) is 16.4. The number of nitrogens with two attached hydrogens (primary N) is 1. The molecule has 0 atom stereocenters. The largest absolute Gasteiger partial charge is 0.311 e. The molecule has 1 aliphatic carbocycles. The minimum atomic E-state index is -0.486. The van der Waals surface area contributed by atoms with Crippen LogP contribution in [0.4, 0.5) is 0 Å². The topological polar surface area (TPSA) is 95.1 Å². The quantitative estimate of drug-likeness (QED) is 0.248. The molecule has 4 rings (SSSR count). The Hall–Kier alpha value is -3.19. The summed E-state index contributed by atoms with van der Waals surface area (Å²) in [5, 5.41) is 4.23. The molecule has 1 saturated carbocycles. The van der Waals surface area contributed by atoms with Crippen molar-refractivity contribution in [1.29, 1.82) is 0 Å². The van der Waals surface area contributed by atoms with Crippen LogP contribution in [0.5, 0.6) is 0 Å². The molecule has 0 saturated heterocycles. The van der Waals surface area contributed by atoms with Crippen LogP contribution in [0.25, 0.3) is 11.1 Å². The van der Waals surface area contributed by atoms with E-state index < -0.39 is 5.54 Å².